The van der Waals surface area contributed by atoms with Gasteiger partial charge in [0, 0.05) is 0 Å². The Hall–Kier alpha value is -1.84. The predicted molar refractivity (Wildman–Crippen MR) is 88.6 cm³/mol. The third-order valence-electron chi connectivity index (χ3n) is 3.27. The van der Waals surface area contributed by atoms with E-state index in [0.29, 0.717) is 0 Å². The SMILES string of the molecule is CCCCCCCC(C)C.O=C(O)c1ccccc1C(=O)O. The van der Waals surface area contributed by atoms with E-state index in [1.807, 2.05) is 0 Å². The molecule has 0 unspecified atom stereocenters. The molecular weight excluding hydrogens is 280 g/mol. The summed E-state index contributed by atoms with van der Waals surface area (Å²) < 4.78 is 0. The Morgan fingerprint density at radius 2 is 1.36 bits per heavy atom. The van der Waals surface area contributed by atoms with Crippen LogP contribution in [0, 0.1) is 5.92 Å². The minimum Gasteiger partial charge on any atom is -0.478 e. The lowest BCUT2D eigenvalue weighted by molar-refractivity contribution is 0.0651. The van der Waals surface area contributed by atoms with E-state index in [-0.39, 0.29) is 11.1 Å². The number of hydrogen-bond donors (Lipinski definition) is 2. The Balaban J connectivity index is 0.000000409. The first-order chi connectivity index (χ1) is 10.4. The van der Waals surface area contributed by atoms with Crippen molar-refractivity contribution in [3.8, 4) is 0 Å². The van der Waals surface area contributed by atoms with E-state index in [0.717, 1.165) is 5.92 Å². The van der Waals surface area contributed by atoms with Crippen LogP contribution < -0.4 is 0 Å². The van der Waals surface area contributed by atoms with Crippen LogP contribution in [0.2, 0.25) is 0 Å². The van der Waals surface area contributed by atoms with Crippen molar-refractivity contribution < 1.29 is 19.8 Å². The molecule has 0 bridgehead atoms. The maximum Gasteiger partial charge on any atom is 0.336 e. The lowest BCUT2D eigenvalue weighted by Crippen LogP contribution is -2.06. The van der Waals surface area contributed by atoms with Gasteiger partial charge in [-0.15, -0.1) is 0 Å². The second-order valence-electron chi connectivity index (χ2n) is 5.75. The van der Waals surface area contributed by atoms with Crippen LogP contribution in [0.15, 0.2) is 24.3 Å². The summed E-state index contributed by atoms with van der Waals surface area (Å²) in [5.41, 5.74) is -0.380. The quantitative estimate of drug-likeness (QED) is 0.656. The van der Waals surface area contributed by atoms with Crippen molar-refractivity contribution in [3.05, 3.63) is 35.4 Å². The number of carbonyl (C=O) groups is 2. The van der Waals surface area contributed by atoms with Crippen LogP contribution in [0.25, 0.3) is 0 Å². The van der Waals surface area contributed by atoms with E-state index >= 15 is 0 Å². The summed E-state index contributed by atoms with van der Waals surface area (Å²) >= 11 is 0. The Kier molecular flexibility index (Phi) is 10.8. The third-order valence-corrected chi connectivity index (χ3v) is 3.27. The fourth-order valence-corrected chi connectivity index (χ4v) is 2.01. The first kappa shape index (κ1) is 20.2. The molecule has 124 valence electrons. The fourth-order valence-electron chi connectivity index (χ4n) is 2.01. The molecule has 0 saturated heterocycles. The van der Waals surface area contributed by atoms with Crippen molar-refractivity contribution >= 4 is 11.9 Å². The van der Waals surface area contributed by atoms with Gasteiger partial charge in [0.15, 0.2) is 0 Å². The minimum atomic E-state index is -1.23. The highest BCUT2D eigenvalue weighted by molar-refractivity contribution is 6.01. The number of rotatable bonds is 8. The summed E-state index contributed by atoms with van der Waals surface area (Å²) in [4.78, 5) is 20.9. The number of carboxylic acids is 2. The molecule has 1 rings (SSSR count). The van der Waals surface area contributed by atoms with Gasteiger partial charge in [-0.3, -0.25) is 0 Å². The van der Waals surface area contributed by atoms with Gasteiger partial charge >= 0.3 is 11.9 Å². The zero-order valence-corrected chi connectivity index (χ0v) is 13.8. The Morgan fingerprint density at radius 1 is 0.909 bits per heavy atom. The molecule has 0 aromatic heterocycles. The lowest BCUT2D eigenvalue weighted by Gasteiger charge is -2.02. The molecule has 0 radical (unpaired) electrons. The van der Waals surface area contributed by atoms with Gasteiger partial charge in [-0.05, 0) is 18.1 Å². The average molecular weight is 308 g/mol. The first-order valence-corrected chi connectivity index (χ1v) is 7.95. The molecule has 22 heavy (non-hydrogen) atoms. The van der Waals surface area contributed by atoms with Crippen LogP contribution in [-0.2, 0) is 0 Å². The van der Waals surface area contributed by atoms with Gasteiger partial charge < -0.3 is 10.2 Å². The molecule has 4 heteroatoms. The molecule has 0 aliphatic carbocycles. The van der Waals surface area contributed by atoms with Crippen LogP contribution in [0.5, 0.6) is 0 Å². The highest BCUT2D eigenvalue weighted by atomic mass is 16.4. The topological polar surface area (TPSA) is 74.6 Å². The highest BCUT2D eigenvalue weighted by Crippen LogP contribution is 2.10. The van der Waals surface area contributed by atoms with Gasteiger partial charge in [0.1, 0.15) is 0 Å². The highest BCUT2D eigenvalue weighted by Gasteiger charge is 2.13. The van der Waals surface area contributed by atoms with Crippen LogP contribution in [0.4, 0.5) is 0 Å². The normalized spacial score (nSPS) is 10.0. The summed E-state index contributed by atoms with van der Waals surface area (Å²) in [6.07, 6.45) is 8.55. The fraction of sp³-hybridized carbons (Fsp3) is 0.556. The molecule has 0 atom stereocenters. The summed E-state index contributed by atoms with van der Waals surface area (Å²) in [5.74, 6) is -1.55. The summed E-state index contributed by atoms with van der Waals surface area (Å²) in [6.45, 7) is 6.88. The molecule has 0 aliphatic rings. The number of aromatic carboxylic acids is 2. The van der Waals surface area contributed by atoms with Crippen molar-refractivity contribution in [3.63, 3.8) is 0 Å². The van der Waals surface area contributed by atoms with Crippen molar-refractivity contribution in [1.29, 1.82) is 0 Å². The van der Waals surface area contributed by atoms with Gasteiger partial charge in [-0.2, -0.15) is 0 Å². The molecule has 0 fully saturated rings. The van der Waals surface area contributed by atoms with Crippen LogP contribution >= 0.6 is 0 Å². The lowest BCUT2D eigenvalue weighted by atomic mass is 10.0. The molecule has 0 aliphatic heterocycles. The number of benzene rings is 1. The van der Waals surface area contributed by atoms with Gasteiger partial charge in [-0.1, -0.05) is 71.4 Å². The van der Waals surface area contributed by atoms with E-state index in [2.05, 4.69) is 20.8 Å². The summed E-state index contributed by atoms with van der Waals surface area (Å²) in [7, 11) is 0. The van der Waals surface area contributed by atoms with Crippen molar-refractivity contribution in [2.24, 2.45) is 5.92 Å². The van der Waals surface area contributed by atoms with Crippen molar-refractivity contribution in [1.82, 2.24) is 0 Å². The molecule has 0 heterocycles. The molecule has 4 nitrogen and oxygen atoms in total. The van der Waals surface area contributed by atoms with Crippen molar-refractivity contribution in [2.75, 3.05) is 0 Å². The summed E-state index contributed by atoms with van der Waals surface area (Å²) in [6, 6.07) is 5.48. The Bertz CT molecular complexity index is 419. The third kappa shape index (κ3) is 9.16. The smallest absolute Gasteiger partial charge is 0.336 e. The van der Waals surface area contributed by atoms with Crippen LogP contribution in [0.3, 0.4) is 0 Å². The van der Waals surface area contributed by atoms with Gasteiger partial charge in [0.2, 0.25) is 0 Å². The predicted octanol–water partition coefficient (Wildman–Crippen LogP) is 5.09. The van der Waals surface area contributed by atoms with E-state index in [9.17, 15) is 9.59 Å². The maximum atomic E-state index is 10.5. The molecular formula is C18H28O4. The summed E-state index contributed by atoms with van der Waals surface area (Å²) in [5, 5.41) is 17.1. The zero-order valence-electron chi connectivity index (χ0n) is 13.8. The maximum absolute atomic E-state index is 10.5. The first-order valence-electron chi connectivity index (χ1n) is 7.95. The second-order valence-corrected chi connectivity index (χ2v) is 5.75. The molecule has 0 amide bonds. The van der Waals surface area contributed by atoms with Gasteiger partial charge in [0.05, 0.1) is 11.1 Å². The van der Waals surface area contributed by atoms with Gasteiger partial charge in [-0.25, -0.2) is 9.59 Å². The molecule has 1 aromatic rings. The zero-order chi connectivity index (χ0) is 17.0. The molecule has 0 spiro atoms. The largest absolute Gasteiger partial charge is 0.478 e. The number of unbranched alkanes of at least 4 members (excludes halogenated alkanes) is 4. The van der Waals surface area contributed by atoms with Crippen molar-refractivity contribution in [2.45, 2.75) is 59.3 Å². The standard InChI is InChI=1S/C10H22.C8H6O4/c1-4-5-6-7-8-9-10(2)3;9-7(10)5-3-1-2-4-6(5)8(11)12/h10H,4-9H2,1-3H3;1-4H,(H,9,10)(H,11,12). The van der Waals surface area contributed by atoms with Crippen LogP contribution in [-0.4, -0.2) is 22.2 Å². The second kappa shape index (κ2) is 11.8. The van der Waals surface area contributed by atoms with Gasteiger partial charge in [0.25, 0.3) is 0 Å². The van der Waals surface area contributed by atoms with E-state index < -0.39 is 11.9 Å². The molecule has 2 N–H and O–H groups in total. The van der Waals surface area contributed by atoms with E-state index in [4.69, 9.17) is 10.2 Å². The Labute approximate surface area is 133 Å². The Morgan fingerprint density at radius 3 is 1.73 bits per heavy atom. The van der Waals surface area contributed by atoms with E-state index in [1.54, 1.807) is 0 Å². The van der Waals surface area contributed by atoms with E-state index in [1.165, 1.54) is 62.8 Å². The molecule has 0 saturated carbocycles. The van der Waals surface area contributed by atoms with Crippen LogP contribution in [0.1, 0.15) is 80.0 Å². The minimum absolute atomic E-state index is 0.190. The number of hydrogen-bond acceptors (Lipinski definition) is 2. The molecule has 1 aromatic carbocycles. The number of carboxylic acid groups (broad SMARTS) is 2. The average Bonchev–Trinajstić information content (AvgIpc) is 2.47. The monoisotopic (exact) mass is 308 g/mol.